The SMILES string of the molecule is CC[C@]1(c2ccccc2)NC(=O)N(NC(=O)C[NH2+][C@H](C)c2ccc(F)c(F)c2)C1=O. The summed E-state index contributed by atoms with van der Waals surface area (Å²) in [5.41, 5.74) is 2.22. The van der Waals surface area contributed by atoms with E-state index in [1.54, 1.807) is 49.5 Å². The van der Waals surface area contributed by atoms with Gasteiger partial charge in [-0.3, -0.25) is 15.0 Å². The maximum absolute atomic E-state index is 13.4. The molecule has 0 saturated carbocycles. The molecule has 9 heteroatoms. The molecule has 0 spiro atoms. The first-order valence-electron chi connectivity index (χ1n) is 9.58. The van der Waals surface area contributed by atoms with Crippen LogP contribution in [-0.2, 0) is 15.1 Å². The summed E-state index contributed by atoms with van der Waals surface area (Å²) in [6, 6.07) is 11.3. The number of quaternary nitrogens is 1. The Morgan fingerprint density at radius 1 is 1.17 bits per heavy atom. The van der Waals surface area contributed by atoms with E-state index in [0.717, 1.165) is 12.1 Å². The number of carbonyl (C=O) groups excluding carboxylic acids is 3. The third-order valence-corrected chi connectivity index (χ3v) is 5.25. The first kappa shape index (κ1) is 21.4. The van der Waals surface area contributed by atoms with Crippen molar-refractivity contribution < 1.29 is 28.5 Å². The molecule has 0 unspecified atom stereocenters. The number of nitrogens with one attached hydrogen (secondary N) is 2. The highest BCUT2D eigenvalue weighted by Crippen LogP contribution is 2.31. The van der Waals surface area contributed by atoms with Crippen molar-refractivity contribution in [3.05, 3.63) is 71.3 Å². The number of hydrogen-bond acceptors (Lipinski definition) is 3. The van der Waals surface area contributed by atoms with Gasteiger partial charge < -0.3 is 10.6 Å². The topological polar surface area (TPSA) is 95.1 Å². The van der Waals surface area contributed by atoms with Crippen LogP contribution >= 0.6 is 0 Å². The van der Waals surface area contributed by atoms with Crippen LogP contribution < -0.4 is 16.1 Å². The molecule has 1 aliphatic rings. The zero-order valence-electron chi connectivity index (χ0n) is 16.6. The van der Waals surface area contributed by atoms with E-state index in [1.165, 1.54) is 6.07 Å². The van der Waals surface area contributed by atoms with E-state index in [-0.39, 0.29) is 12.6 Å². The Labute approximate surface area is 172 Å². The second-order valence-corrected chi connectivity index (χ2v) is 7.13. The van der Waals surface area contributed by atoms with Gasteiger partial charge in [-0.2, -0.15) is 5.01 Å². The molecule has 1 fully saturated rings. The van der Waals surface area contributed by atoms with Crippen LogP contribution in [0.4, 0.5) is 13.6 Å². The lowest BCUT2D eigenvalue weighted by Crippen LogP contribution is -2.87. The van der Waals surface area contributed by atoms with Gasteiger partial charge in [-0.05, 0) is 37.1 Å². The zero-order valence-corrected chi connectivity index (χ0v) is 16.6. The molecule has 0 aromatic heterocycles. The Hall–Kier alpha value is -3.33. The Morgan fingerprint density at radius 2 is 1.87 bits per heavy atom. The number of rotatable bonds is 7. The quantitative estimate of drug-likeness (QED) is 0.596. The van der Waals surface area contributed by atoms with Crippen molar-refractivity contribution in [2.45, 2.75) is 31.8 Å². The minimum atomic E-state index is -1.24. The predicted molar refractivity (Wildman–Crippen MR) is 103 cm³/mol. The van der Waals surface area contributed by atoms with E-state index in [2.05, 4.69) is 10.7 Å². The van der Waals surface area contributed by atoms with Crippen molar-refractivity contribution in [1.29, 1.82) is 0 Å². The molecule has 0 aliphatic carbocycles. The van der Waals surface area contributed by atoms with Crippen molar-refractivity contribution in [1.82, 2.24) is 15.8 Å². The average molecular weight is 417 g/mol. The van der Waals surface area contributed by atoms with Gasteiger partial charge in [0.1, 0.15) is 11.6 Å². The Kier molecular flexibility index (Phi) is 6.12. The molecule has 1 saturated heterocycles. The number of amides is 4. The maximum atomic E-state index is 13.4. The smallest absolute Gasteiger partial charge is 0.332 e. The number of hydrazine groups is 1. The number of halogens is 2. The van der Waals surface area contributed by atoms with Gasteiger partial charge in [-0.15, -0.1) is 0 Å². The molecule has 4 amide bonds. The highest BCUT2D eigenvalue weighted by molar-refractivity contribution is 6.08. The van der Waals surface area contributed by atoms with Crippen LogP contribution in [-0.4, -0.2) is 29.4 Å². The van der Waals surface area contributed by atoms with E-state index in [0.29, 0.717) is 22.6 Å². The third kappa shape index (κ3) is 4.02. The second kappa shape index (κ2) is 8.58. The minimum Gasteiger partial charge on any atom is -0.332 e. The molecular weight excluding hydrogens is 394 g/mol. The maximum Gasteiger partial charge on any atom is 0.344 e. The molecule has 7 nitrogen and oxygen atoms in total. The summed E-state index contributed by atoms with van der Waals surface area (Å²) in [4.78, 5) is 37.7. The van der Waals surface area contributed by atoms with Crippen molar-refractivity contribution in [3.63, 3.8) is 0 Å². The summed E-state index contributed by atoms with van der Waals surface area (Å²) in [7, 11) is 0. The molecule has 3 rings (SSSR count). The number of benzene rings is 2. The molecule has 30 heavy (non-hydrogen) atoms. The first-order valence-corrected chi connectivity index (χ1v) is 9.58. The fourth-order valence-electron chi connectivity index (χ4n) is 3.42. The second-order valence-electron chi connectivity index (χ2n) is 7.13. The van der Waals surface area contributed by atoms with E-state index < -0.39 is 35.0 Å². The number of carbonyl (C=O) groups is 3. The normalized spacial score (nSPS) is 19.5. The number of imide groups is 1. The highest BCUT2D eigenvalue weighted by Gasteiger charge is 2.52. The summed E-state index contributed by atoms with van der Waals surface area (Å²) in [6.07, 6.45) is 0.313. The molecule has 0 bridgehead atoms. The van der Waals surface area contributed by atoms with Crippen molar-refractivity contribution in [2.24, 2.45) is 0 Å². The van der Waals surface area contributed by atoms with Gasteiger partial charge in [0.25, 0.3) is 11.8 Å². The molecule has 0 radical (unpaired) electrons. The molecular formula is C21H23F2N4O3+. The summed E-state index contributed by atoms with van der Waals surface area (Å²) in [5, 5.41) is 4.95. The Morgan fingerprint density at radius 3 is 2.50 bits per heavy atom. The first-order chi connectivity index (χ1) is 14.3. The predicted octanol–water partition coefficient (Wildman–Crippen LogP) is 1.48. The monoisotopic (exact) mass is 417 g/mol. The van der Waals surface area contributed by atoms with Gasteiger partial charge in [0.05, 0.1) is 0 Å². The van der Waals surface area contributed by atoms with Crippen LogP contribution in [0.15, 0.2) is 48.5 Å². The zero-order chi connectivity index (χ0) is 21.9. The van der Waals surface area contributed by atoms with Gasteiger partial charge in [-0.25, -0.2) is 13.6 Å². The highest BCUT2D eigenvalue weighted by atomic mass is 19.2. The van der Waals surface area contributed by atoms with Gasteiger partial charge in [0.15, 0.2) is 18.2 Å². The minimum absolute atomic E-state index is 0.123. The lowest BCUT2D eigenvalue weighted by Gasteiger charge is -2.25. The van der Waals surface area contributed by atoms with Crippen molar-refractivity contribution in [2.75, 3.05) is 6.54 Å². The van der Waals surface area contributed by atoms with E-state index in [9.17, 15) is 23.2 Å². The fourth-order valence-corrected chi connectivity index (χ4v) is 3.42. The van der Waals surface area contributed by atoms with Crippen LogP contribution in [0, 0.1) is 11.6 Å². The summed E-state index contributed by atoms with van der Waals surface area (Å²) < 4.78 is 26.5. The number of nitrogens with two attached hydrogens (primary N) is 1. The molecule has 1 heterocycles. The van der Waals surface area contributed by atoms with Crippen LogP contribution in [0.25, 0.3) is 0 Å². The van der Waals surface area contributed by atoms with Crippen LogP contribution in [0.2, 0.25) is 0 Å². The van der Waals surface area contributed by atoms with Crippen LogP contribution in [0.5, 0.6) is 0 Å². The number of hydrogen-bond donors (Lipinski definition) is 3. The Balaban J connectivity index is 1.64. The van der Waals surface area contributed by atoms with E-state index >= 15 is 0 Å². The van der Waals surface area contributed by atoms with E-state index in [1.807, 2.05) is 0 Å². The lowest BCUT2D eigenvalue weighted by atomic mass is 9.87. The molecule has 4 N–H and O–H groups in total. The van der Waals surface area contributed by atoms with Crippen molar-refractivity contribution in [3.8, 4) is 0 Å². The standard InChI is InChI=1S/C21H22F2N4O3/c1-3-21(15-7-5-4-6-8-15)19(29)27(20(30)25-21)26-18(28)12-24-13(2)14-9-10-16(22)17(23)11-14/h4-11,13,24H,3,12H2,1-2H3,(H,25,30)(H,26,28)/p+1/t13-,21-/m1/s1. The van der Waals surface area contributed by atoms with Crippen LogP contribution in [0.1, 0.15) is 37.4 Å². The molecule has 2 atom stereocenters. The summed E-state index contributed by atoms with van der Waals surface area (Å²) >= 11 is 0. The summed E-state index contributed by atoms with van der Waals surface area (Å²) in [6.45, 7) is 3.38. The number of nitrogens with zero attached hydrogens (tertiary/aromatic N) is 1. The molecule has 2 aromatic rings. The van der Waals surface area contributed by atoms with Crippen molar-refractivity contribution >= 4 is 17.8 Å². The third-order valence-electron chi connectivity index (χ3n) is 5.25. The molecule has 158 valence electrons. The average Bonchev–Trinajstić information content (AvgIpc) is 2.99. The molecule has 2 aromatic carbocycles. The van der Waals surface area contributed by atoms with Gasteiger partial charge >= 0.3 is 6.03 Å². The fraction of sp³-hybridized carbons (Fsp3) is 0.286. The number of urea groups is 1. The van der Waals surface area contributed by atoms with Gasteiger partial charge in [-0.1, -0.05) is 37.3 Å². The van der Waals surface area contributed by atoms with Gasteiger partial charge in [0.2, 0.25) is 0 Å². The van der Waals surface area contributed by atoms with Gasteiger partial charge in [0, 0.05) is 5.56 Å². The lowest BCUT2D eigenvalue weighted by molar-refractivity contribution is -0.682. The van der Waals surface area contributed by atoms with Crippen LogP contribution in [0.3, 0.4) is 0 Å². The Bertz CT molecular complexity index is 970. The summed E-state index contributed by atoms with van der Waals surface area (Å²) in [5.74, 6) is -3.05. The molecule has 1 aliphatic heterocycles. The largest absolute Gasteiger partial charge is 0.344 e. The van der Waals surface area contributed by atoms with E-state index in [4.69, 9.17) is 0 Å².